The average molecular weight is 156 g/mol. The summed E-state index contributed by atoms with van der Waals surface area (Å²) in [4.78, 5) is 4.03. The molecule has 0 aliphatic rings. The van der Waals surface area contributed by atoms with E-state index in [9.17, 15) is 0 Å². The van der Waals surface area contributed by atoms with Crippen LogP contribution < -0.4 is 51.4 Å². The molecule has 0 saturated heterocycles. The van der Waals surface area contributed by atoms with Crippen LogP contribution >= 0.6 is 0 Å². The Morgan fingerprint density at radius 1 is 1.40 bits per heavy atom. The molecule has 0 spiro atoms. The number of rotatable bonds is 0. The Kier molecular flexibility index (Phi) is 3.07. The van der Waals surface area contributed by atoms with E-state index in [1.54, 1.807) is 6.20 Å². The summed E-state index contributed by atoms with van der Waals surface area (Å²) in [6.07, 6.45) is 5.59. The van der Waals surface area contributed by atoms with E-state index >= 15 is 0 Å². The van der Waals surface area contributed by atoms with E-state index < -0.39 is 0 Å². The zero-order valence-corrected chi connectivity index (χ0v) is 8.90. The molecule has 0 radical (unpaired) electrons. The normalized spacial score (nSPS) is 9.20. The first-order chi connectivity index (χ1) is 4.47. The van der Waals surface area contributed by atoms with Crippen LogP contribution in [0.3, 0.4) is 0 Å². The first kappa shape index (κ1) is 8.42. The number of fused-ring (bicyclic) bond motifs is 1. The number of imidazole rings is 1. The summed E-state index contributed by atoms with van der Waals surface area (Å²) in [7, 11) is 0. The van der Waals surface area contributed by atoms with Crippen LogP contribution in [-0.4, -0.2) is 9.38 Å². The Morgan fingerprint density at radius 2 is 2.30 bits per heavy atom. The summed E-state index contributed by atoms with van der Waals surface area (Å²) in [5, 5.41) is 0. The van der Waals surface area contributed by atoms with Crippen molar-refractivity contribution in [1.29, 1.82) is 0 Å². The van der Waals surface area contributed by atoms with Crippen LogP contribution in [0.25, 0.3) is 5.65 Å². The Hall–Kier alpha value is 0.326. The van der Waals surface area contributed by atoms with Crippen LogP contribution in [0.1, 0.15) is 0 Å². The first-order valence-electron chi connectivity index (χ1n) is 2.76. The van der Waals surface area contributed by atoms with Crippen molar-refractivity contribution in [2.45, 2.75) is 0 Å². The van der Waals surface area contributed by atoms with Gasteiger partial charge in [0.15, 0.2) is 0 Å². The van der Waals surface area contributed by atoms with Crippen LogP contribution in [0.2, 0.25) is 0 Å². The molecule has 2 aromatic heterocycles. The van der Waals surface area contributed by atoms with E-state index in [4.69, 9.17) is 0 Å². The maximum absolute atomic E-state index is 4.03. The minimum Gasteiger partial charge on any atom is -0.340 e. The van der Waals surface area contributed by atoms with Crippen LogP contribution in [0, 0.1) is 6.07 Å². The molecule has 0 fully saturated rings. The number of pyridine rings is 1. The summed E-state index contributed by atoms with van der Waals surface area (Å²) >= 11 is 0. The molecule has 2 nitrogen and oxygen atoms in total. The Morgan fingerprint density at radius 3 is 3.10 bits per heavy atom. The van der Waals surface area contributed by atoms with Gasteiger partial charge < -0.3 is 4.40 Å². The van der Waals surface area contributed by atoms with Crippen LogP contribution in [0.15, 0.2) is 30.7 Å². The fourth-order valence-electron chi connectivity index (χ4n) is 0.804. The second kappa shape index (κ2) is 3.64. The fraction of sp³-hybridized carbons (Fsp3) is 0. The summed E-state index contributed by atoms with van der Waals surface area (Å²) in [6.45, 7) is 0. The molecule has 0 atom stereocenters. The average Bonchev–Trinajstić information content (AvgIpc) is 2.33. The Bertz CT molecular complexity index is 286. The topological polar surface area (TPSA) is 17.3 Å². The van der Waals surface area contributed by atoms with E-state index in [1.165, 1.54) is 0 Å². The number of hydrogen-bond acceptors (Lipinski definition) is 1. The summed E-state index contributed by atoms with van der Waals surface area (Å²) in [5.74, 6) is 0. The van der Waals surface area contributed by atoms with Gasteiger partial charge in [0.1, 0.15) is 0 Å². The monoisotopic (exact) mass is 156 g/mol. The molecule has 2 rings (SSSR count). The van der Waals surface area contributed by atoms with E-state index in [1.807, 2.05) is 28.9 Å². The SMILES string of the molecule is [K+].[c-]1cccn2ccnc12. The number of aromatic nitrogens is 2. The summed E-state index contributed by atoms with van der Waals surface area (Å²) in [6, 6.07) is 6.76. The van der Waals surface area contributed by atoms with E-state index in [-0.39, 0.29) is 51.4 Å². The molecule has 0 aliphatic carbocycles. The summed E-state index contributed by atoms with van der Waals surface area (Å²) in [5.41, 5.74) is 0.873. The van der Waals surface area contributed by atoms with Gasteiger partial charge in [-0.3, -0.25) is 4.98 Å². The minimum atomic E-state index is 0. The molecule has 44 valence electrons. The van der Waals surface area contributed by atoms with Crippen molar-refractivity contribution < 1.29 is 51.4 Å². The molecule has 0 aliphatic heterocycles. The van der Waals surface area contributed by atoms with Crippen LogP contribution in [-0.2, 0) is 0 Å². The zero-order chi connectivity index (χ0) is 6.10. The van der Waals surface area contributed by atoms with Crippen LogP contribution in [0.5, 0.6) is 0 Å². The second-order valence-electron chi connectivity index (χ2n) is 1.81. The standard InChI is InChI=1S/C7H5N2.K/c1-2-5-9-6-4-8-7(9)3-1;/h1-2,4-6H;/q-1;+1. The molecule has 0 bridgehead atoms. The van der Waals surface area contributed by atoms with Crippen molar-refractivity contribution in [2.75, 3.05) is 0 Å². The van der Waals surface area contributed by atoms with Crippen molar-refractivity contribution in [1.82, 2.24) is 9.38 Å². The Labute approximate surface area is 102 Å². The molecule has 0 saturated carbocycles. The van der Waals surface area contributed by atoms with E-state index in [0.717, 1.165) is 5.65 Å². The number of nitrogens with zero attached hydrogens (tertiary/aromatic N) is 2. The van der Waals surface area contributed by atoms with Gasteiger partial charge in [0.2, 0.25) is 0 Å². The van der Waals surface area contributed by atoms with Crippen molar-refractivity contribution in [3.63, 3.8) is 0 Å². The van der Waals surface area contributed by atoms with Crippen molar-refractivity contribution in [3.05, 3.63) is 36.8 Å². The van der Waals surface area contributed by atoms with Crippen LogP contribution in [0.4, 0.5) is 0 Å². The third-order valence-corrected chi connectivity index (χ3v) is 1.22. The van der Waals surface area contributed by atoms with Gasteiger partial charge >= 0.3 is 51.4 Å². The molecular formula is C7H5KN2. The predicted molar refractivity (Wildman–Crippen MR) is 34.0 cm³/mol. The van der Waals surface area contributed by atoms with Gasteiger partial charge in [-0.15, -0.1) is 0 Å². The van der Waals surface area contributed by atoms with Crippen molar-refractivity contribution >= 4 is 5.65 Å². The van der Waals surface area contributed by atoms with Gasteiger partial charge in [-0.25, -0.2) is 12.1 Å². The minimum absolute atomic E-state index is 0. The third kappa shape index (κ3) is 1.49. The molecule has 0 unspecified atom stereocenters. The molecule has 2 aromatic rings. The molecular weight excluding hydrogens is 151 g/mol. The zero-order valence-electron chi connectivity index (χ0n) is 5.78. The molecule has 3 heteroatoms. The van der Waals surface area contributed by atoms with Gasteiger partial charge in [0.25, 0.3) is 0 Å². The Balaban J connectivity index is 0.000000500. The van der Waals surface area contributed by atoms with Crippen molar-refractivity contribution in [2.24, 2.45) is 0 Å². The van der Waals surface area contributed by atoms with Gasteiger partial charge in [-0.2, -0.15) is 6.07 Å². The second-order valence-corrected chi connectivity index (χ2v) is 1.81. The van der Waals surface area contributed by atoms with E-state index in [0.29, 0.717) is 0 Å². The molecule has 0 N–H and O–H groups in total. The van der Waals surface area contributed by atoms with Crippen molar-refractivity contribution in [3.8, 4) is 0 Å². The summed E-state index contributed by atoms with van der Waals surface area (Å²) < 4.78 is 1.92. The smallest absolute Gasteiger partial charge is 0.340 e. The first-order valence-corrected chi connectivity index (χ1v) is 2.76. The van der Waals surface area contributed by atoms with Gasteiger partial charge in [-0.05, 0) is 0 Å². The molecule has 0 aromatic carbocycles. The molecule has 10 heavy (non-hydrogen) atoms. The van der Waals surface area contributed by atoms with Gasteiger partial charge in [0, 0.05) is 18.0 Å². The van der Waals surface area contributed by atoms with Gasteiger partial charge in [0.05, 0.1) is 0 Å². The molecule has 0 amide bonds. The molecule has 2 heterocycles. The van der Waals surface area contributed by atoms with Gasteiger partial charge in [-0.1, -0.05) is 6.20 Å². The number of hydrogen-bond donors (Lipinski definition) is 0. The quantitative estimate of drug-likeness (QED) is 0.323. The fourth-order valence-corrected chi connectivity index (χ4v) is 0.804. The third-order valence-electron chi connectivity index (χ3n) is 1.22. The predicted octanol–water partition coefficient (Wildman–Crippen LogP) is -1.86. The maximum atomic E-state index is 4.03. The maximum Gasteiger partial charge on any atom is 1.00 e. The largest absolute Gasteiger partial charge is 1.00 e. The van der Waals surface area contributed by atoms with E-state index in [2.05, 4.69) is 11.1 Å².